The molecule has 5 nitrogen and oxygen atoms in total. The number of fused-ring (bicyclic) bond motifs is 1. The van der Waals surface area contributed by atoms with Gasteiger partial charge in [-0.2, -0.15) is 0 Å². The molecule has 1 N–H and O–H groups in total. The highest BCUT2D eigenvalue weighted by Crippen LogP contribution is 2.14. The van der Waals surface area contributed by atoms with E-state index < -0.39 is 0 Å². The van der Waals surface area contributed by atoms with E-state index >= 15 is 0 Å². The Bertz CT molecular complexity index is 616. The summed E-state index contributed by atoms with van der Waals surface area (Å²) in [5.41, 5.74) is 1.16. The van der Waals surface area contributed by atoms with Crippen molar-refractivity contribution in [3.05, 3.63) is 29.8 Å². The molecule has 0 unspecified atom stereocenters. The lowest BCUT2D eigenvalue weighted by atomic mass is 10.3. The standard InChI is InChI=1S/C13H15FN4O/c1-17-4-6-18(7-5-17)13(19)12-15-10-3-2-9(14)8-11(10)16-12/h2-3,8H,4-7H2,1H3,(H,15,16). The largest absolute Gasteiger partial charge is 0.334 e. The Balaban J connectivity index is 1.85. The van der Waals surface area contributed by atoms with Gasteiger partial charge in [-0.3, -0.25) is 4.79 Å². The highest BCUT2D eigenvalue weighted by Gasteiger charge is 2.22. The molecule has 1 aliphatic rings. The lowest BCUT2D eigenvalue weighted by molar-refractivity contribution is 0.0653. The van der Waals surface area contributed by atoms with Crippen LogP contribution in [-0.4, -0.2) is 58.9 Å². The smallest absolute Gasteiger partial charge is 0.289 e. The van der Waals surface area contributed by atoms with Crippen LogP contribution in [0.15, 0.2) is 18.2 Å². The number of amides is 1. The maximum Gasteiger partial charge on any atom is 0.289 e. The van der Waals surface area contributed by atoms with Crippen molar-refractivity contribution in [3.63, 3.8) is 0 Å². The van der Waals surface area contributed by atoms with Crippen LogP contribution in [0.25, 0.3) is 11.0 Å². The fourth-order valence-electron chi connectivity index (χ4n) is 2.24. The number of halogens is 1. The fraction of sp³-hybridized carbons (Fsp3) is 0.385. The normalized spacial score (nSPS) is 17.1. The Labute approximate surface area is 110 Å². The van der Waals surface area contributed by atoms with Gasteiger partial charge in [0, 0.05) is 26.2 Å². The average Bonchev–Trinajstić information content (AvgIpc) is 2.81. The third kappa shape index (κ3) is 2.31. The first-order valence-electron chi connectivity index (χ1n) is 6.26. The fourth-order valence-corrected chi connectivity index (χ4v) is 2.24. The molecule has 1 amide bonds. The topological polar surface area (TPSA) is 52.2 Å². The summed E-state index contributed by atoms with van der Waals surface area (Å²) in [5.74, 6) is -0.176. The van der Waals surface area contributed by atoms with Crippen molar-refractivity contribution in [2.45, 2.75) is 0 Å². The predicted octanol–water partition coefficient (Wildman–Crippen LogP) is 1.09. The predicted molar refractivity (Wildman–Crippen MR) is 69.5 cm³/mol. The number of imidazole rings is 1. The molecule has 0 aliphatic carbocycles. The number of aromatic amines is 1. The van der Waals surface area contributed by atoms with E-state index in [0.717, 1.165) is 13.1 Å². The Morgan fingerprint density at radius 3 is 2.79 bits per heavy atom. The molecule has 0 atom stereocenters. The van der Waals surface area contributed by atoms with Gasteiger partial charge in [-0.1, -0.05) is 0 Å². The molecule has 1 aromatic carbocycles. The van der Waals surface area contributed by atoms with Crippen molar-refractivity contribution in [1.29, 1.82) is 0 Å². The van der Waals surface area contributed by atoms with E-state index in [-0.39, 0.29) is 17.5 Å². The number of piperazine rings is 1. The van der Waals surface area contributed by atoms with E-state index in [4.69, 9.17) is 0 Å². The van der Waals surface area contributed by atoms with Gasteiger partial charge >= 0.3 is 0 Å². The number of carbonyl (C=O) groups excluding carboxylic acids is 1. The number of nitrogens with one attached hydrogen (secondary N) is 1. The molecule has 0 spiro atoms. The third-order valence-electron chi connectivity index (χ3n) is 3.44. The van der Waals surface area contributed by atoms with Gasteiger partial charge in [0.1, 0.15) is 5.82 Å². The molecule has 100 valence electrons. The van der Waals surface area contributed by atoms with Crippen LogP contribution in [0.5, 0.6) is 0 Å². The summed E-state index contributed by atoms with van der Waals surface area (Å²) in [6, 6.07) is 4.26. The Hall–Kier alpha value is -1.95. The van der Waals surface area contributed by atoms with Gasteiger partial charge < -0.3 is 14.8 Å². The zero-order valence-electron chi connectivity index (χ0n) is 10.7. The van der Waals surface area contributed by atoms with Crippen LogP contribution in [0, 0.1) is 5.82 Å². The van der Waals surface area contributed by atoms with Crippen molar-refractivity contribution in [2.75, 3.05) is 33.2 Å². The van der Waals surface area contributed by atoms with Crippen molar-refractivity contribution >= 4 is 16.9 Å². The summed E-state index contributed by atoms with van der Waals surface area (Å²) < 4.78 is 13.1. The SMILES string of the molecule is CN1CCN(C(=O)c2nc3ccc(F)cc3[nH]2)CC1. The number of hydrogen-bond acceptors (Lipinski definition) is 3. The zero-order chi connectivity index (χ0) is 13.4. The quantitative estimate of drug-likeness (QED) is 0.837. The molecule has 6 heteroatoms. The van der Waals surface area contributed by atoms with Crippen molar-refractivity contribution in [2.24, 2.45) is 0 Å². The lowest BCUT2D eigenvalue weighted by Crippen LogP contribution is -2.47. The number of H-pyrrole nitrogens is 1. The highest BCUT2D eigenvalue weighted by atomic mass is 19.1. The number of likely N-dealkylation sites (N-methyl/N-ethyl adjacent to an activating group) is 1. The lowest BCUT2D eigenvalue weighted by Gasteiger charge is -2.31. The monoisotopic (exact) mass is 262 g/mol. The molecule has 2 aromatic rings. The Morgan fingerprint density at radius 2 is 2.05 bits per heavy atom. The van der Waals surface area contributed by atoms with Crippen molar-refractivity contribution in [1.82, 2.24) is 19.8 Å². The summed E-state index contributed by atoms with van der Waals surface area (Å²) in [7, 11) is 2.03. The minimum Gasteiger partial charge on any atom is -0.334 e. The van der Waals surface area contributed by atoms with Crippen LogP contribution in [0.4, 0.5) is 4.39 Å². The minimum absolute atomic E-state index is 0.121. The minimum atomic E-state index is -0.338. The number of nitrogens with zero attached hydrogens (tertiary/aromatic N) is 3. The molecular formula is C13H15FN4O. The van der Waals surface area contributed by atoms with Crippen LogP contribution >= 0.6 is 0 Å². The second kappa shape index (κ2) is 4.62. The second-order valence-corrected chi connectivity index (χ2v) is 4.84. The van der Waals surface area contributed by atoms with Gasteiger partial charge in [0.15, 0.2) is 5.82 Å². The molecule has 1 aromatic heterocycles. The van der Waals surface area contributed by atoms with Crippen LogP contribution < -0.4 is 0 Å². The van der Waals surface area contributed by atoms with Crippen LogP contribution in [0.3, 0.4) is 0 Å². The van der Waals surface area contributed by atoms with Crippen LogP contribution in [0.1, 0.15) is 10.6 Å². The van der Waals surface area contributed by atoms with Crippen molar-refractivity contribution < 1.29 is 9.18 Å². The van der Waals surface area contributed by atoms with Gasteiger partial charge in [0.05, 0.1) is 11.0 Å². The molecule has 1 fully saturated rings. The number of carbonyl (C=O) groups is 1. The van der Waals surface area contributed by atoms with E-state index in [1.165, 1.54) is 12.1 Å². The summed E-state index contributed by atoms with van der Waals surface area (Å²) >= 11 is 0. The first-order chi connectivity index (χ1) is 9.13. The number of hydrogen-bond donors (Lipinski definition) is 1. The van der Waals surface area contributed by atoms with Gasteiger partial charge in [0.25, 0.3) is 5.91 Å². The Morgan fingerprint density at radius 1 is 1.32 bits per heavy atom. The summed E-state index contributed by atoms with van der Waals surface area (Å²) in [6.07, 6.45) is 0. The van der Waals surface area contributed by atoms with Gasteiger partial charge in [-0.05, 0) is 25.2 Å². The average molecular weight is 262 g/mol. The molecule has 19 heavy (non-hydrogen) atoms. The first-order valence-corrected chi connectivity index (χ1v) is 6.26. The third-order valence-corrected chi connectivity index (χ3v) is 3.44. The van der Waals surface area contributed by atoms with E-state index in [0.29, 0.717) is 24.1 Å². The van der Waals surface area contributed by atoms with Gasteiger partial charge in [0.2, 0.25) is 0 Å². The number of aromatic nitrogens is 2. The summed E-state index contributed by atoms with van der Waals surface area (Å²) in [5, 5.41) is 0. The zero-order valence-corrected chi connectivity index (χ0v) is 10.7. The second-order valence-electron chi connectivity index (χ2n) is 4.84. The number of rotatable bonds is 1. The van der Waals surface area contributed by atoms with Gasteiger partial charge in [-0.15, -0.1) is 0 Å². The molecular weight excluding hydrogens is 247 g/mol. The molecule has 1 saturated heterocycles. The first kappa shape index (κ1) is 12.1. The Kier molecular flexibility index (Phi) is 2.94. The molecule has 0 radical (unpaired) electrons. The maximum absolute atomic E-state index is 13.1. The highest BCUT2D eigenvalue weighted by molar-refractivity contribution is 5.94. The maximum atomic E-state index is 13.1. The summed E-state index contributed by atoms with van der Waals surface area (Å²) in [4.78, 5) is 23.3. The molecule has 3 rings (SSSR count). The van der Waals surface area contributed by atoms with E-state index in [2.05, 4.69) is 14.9 Å². The van der Waals surface area contributed by atoms with Gasteiger partial charge in [-0.25, -0.2) is 9.37 Å². The molecule has 0 bridgehead atoms. The van der Waals surface area contributed by atoms with Crippen LogP contribution in [0.2, 0.25) is 0 Å². The number of benzene rings is 1. The molecule has 1 aliphatic heterocycles. The van der Waals surface area contributed by atoms with E-state index in [1.807, 2.05) is 7.05 Å². The van der Waals surface area contributed by atoms with Crippen molar-refractivity contribution in [3.8, 4) is 0 Å². The van der Waals surface area contributed by atoms with E-state index in [1.54, 1.807) is 11.0 Å². The molecule has 0 saturated carbocycles. The molecule has 2 heterocycles. The van der Waals surface area contributed by atoms with Crippen LogP contribution in [-0.2, 0) is 0 Å². The van der Waals surface area contributed by atoms with E-state index in [9.17, 15) is 9.18 Å². The summed E-state index contributed by atoms with van der Waals surface area (Å²) in [6.45, 7) is 3.11.